The van der Waals surface area contributed by atoms with Gasteiger partial charge in [-0.15, -0.1) is 0 Å². The highest BCUT2D eigenvalue weighted by Crippen LogP contribution is 2.49. The quantitative estimate of drug-likeness (QED) is 0.467. The van der Waals surface area contributed by atoms with E-state index in [2.05, 4.69) is 4.98 Å². The van der Waals surface area contributed by atoms with Crippen LogP contribution < -0.4 is 9.47 Å². The van der Waals surface area contributed by atoms with Gasteiger partial charge in [-0.25, -0.2) is 9.97 Å². The number of fused-ring (bicyclic) bond motifs is 10. The first kappa shape index (κ1) is 21.2. The lowest BCUT2D eigenvalue weighted by molar-refractivity contribution is -0.0507. The molecular weight excluding hydrogens is 472 g/mol. The normalized spacial score (nSPS) is 21.9. The number of aromatic nitrogens is 4. The van der Waals surface area contributed by atoms with E-state index in [1.165, 1.54) is 6.07 Å². The highest BCUT2D eigenvalue weighted by molar-refractivity contribution is 5.97. The molecule has 3 aliphatic rings. The number of pyridine rings is 2. The number of ether oxygens (including phenoxy) is 2. The van der Waals surface area contributed by atoms with E-state index < -0.39 is 18.8 Å². The van der Waals surface area contributed by atoms with E-state index in [0.29, 0.717) is 57.2 Å². The zero-order valence-corrected chi connectivity index (χ0v) is 18.9. The van der Waals surface area contributed by atoms with E-state index in [4.69, 9.17) is 19.4 Å². The molecule has 3 aliphatic heterocycles. The van der Waals surface area contributed by atoms with Crippen LogP contribution in [0.4, 0.5) is 8.78 Å². The van der Waals surface area contributed by atoms with E-state index in [9.17, 15) is 18.7 Å². The van der Waals surface area contributed by atoms with Gasteiger partial charge in [0.2, 0.25) is 0 Å². The van der Waals surface area contributed by atoms with Crippen LogP contribution in [0.3, 0.4) is 0 Å². The molecule has 11 heteroatoms. The van der Waals surface area contributed by atoms with Crippen LogP contribution in [-0.2, 0) is 0 Å². The number of hydrogen-bond donors (Lipinski definition) is 1. The topological polar surface area (TPSA) is 103 Å². The fraction of sp³-hybridized carbons (Fsp3) is 0.280. The van der Waals surface area contributed by atoms with Gasteiger partial charge in [-0.3, -0.25) is 9.78 Å². The third-order valence-corrected chi connectivity index (χ3v) is 7.14. The molecule has 0 spiro atoms. The molecule has 0 saturated heterocycles. The van der Waals surface area contributed by atoms with E-state index in [0.717, 1.165) is 0 Å². The molecule has 6 heterocycles. The van der Waals surface area contributed by atoms with Crippen molar-refractivity contribution in [2.24, 2.45) is 0 Å². The Morgan fingerprint density at radius 3 is 2.89 bits per heavy atom. The molecule has 36 heavy (non-hydrogen) atoms. The molecule has 1 amide bonds. The summed E-state index contributed by atoms with van der Waals surface area (Å²) >= 11 is 0. The highest BCUT2D eigenvalue weighted by Gasteiger charge is 2.45. The number of halogens is 2. The minimum absolute atomic E-state index is 0.0284. The summed E-state index contributed by atoms with van der Waals surface area (Å²) in [6.45, 7) is -2.87. The zero-order chi connectivity index (χ0) is 24.7. The number of carbonyl (C=O) groups excluding carboxylic acids is 1. The van der Waals surface area contributed by atoms with Crippen LogP contribution in [0.5, 0.6) is 11.5 Å². The maximum Gasteiger partial charge on any atom is 0.387 e. The van der Waals surface area contributed by atoms with Crippen LogP contribution in [0.25, 0.3) is 22.4 Å². The maximum absolute atomic E-state index is 13.3. The summed E-state index contributed by atoms with van der Waals surface area (Å²) in [4.78, 5) is 28.8. The van der Waals surface area contributed by atoms with Crippen LogP contribution in [0.1, 0.15) is 52.0 Å². The molecule has 7 rings (SSSR count). The lowest BCUT2D eigenvalue weighted by Gasteiger charge is -2.24. The van der Waals surface area contributed by atoms with Crippen molar-refractivity contribution in [1.29, 1.82) is 0 Å². The number of imidazole rings is 1. The molecule has 0 saturated carbocycles. The van der Waals surface area contributed by atoms with Crippen molar-refractivity contribution < 1.29 is 28.2 Å². The molecule has 9 nitrogen and oxygen atoms in total. The smallest absolute Gasteiger partial charge is 0.387 e. The molecule has 3 aromatic heterocycles. The van der Waals surface area contributed by atoms with Gasteiger partial charge in [0.15, 0.2) is 5.65 Å². The fourth-order valence-corrected chi connectivity index (χ4v) is 5.51. The predicted molar refractivity (Wildman–Crippen MR) is 122 cm³/mol. The Balaban J connectivity index is 1.42. The second kappa shape index (κ2) is 7.44. The van der Waals surface area contributed by atoms with E-state index in [-0.39, 0.29) is 24.3 Å². The Labute approximate surface area is 202 Å². The molecule has 0 fully saturated rings. The first-order chi connectivity index (χ1) is 17.4. The molecule has 1 aromatic carbocycles. The third-order valence-electron chi connectivity index (χ3n) is 7.14. The molecule has 2 bridgehead atoms. The number of benzene rings is 1. The summed E-state index contributed by atoms with van der Waals surface area (Å²) in [5.74, 6) is 0.858. The molecule has 0 aliphatic carbocycles. The van der Waals surface area contributed by atoms with Gasteiger partial charge in [0.1, 0.15) is 41.2 Å². The second-order valence-electron chi connectivity index (χ2n) is 9.09. The number of hydrogen-bond acceptors (Lipinski definition) is 7. The van der Waals surface area contributed by atoms with Crippen molar-refractivity contribution >= 4 is 17.1 Å². The van der Waals surface area contributed by atoms with E-state index in [1.807, 2.05) is 16.7 Å². The number of carbonyl (C=O) groups is 1. The lowest BCUT2D eigenvalue weighted by Crippen LogP contribution is -2.30. The number of nitrogens with zero attached hydrogens (tertiary/aromatic N) is 5. The number of aliphatic hydroxyl groups excluding tert-OH is 1. The van der Waals surface area contributed by atoms with Gasteiger partial charge in [-0.2, -0.15) is 8.78 Å². The van der Waals surface area contributed by atoms with Crippen molar-refractivity contribution in [2.45, 2.75) is 31.2 Å². The molecule has 1 N–H and O–H groups in total. The Morgan fingerprint density at radius 1 is 1.19 bits per heavy atom. The van der Waals surface area contributed by atoms with Gasteiger partial charge in [0, 0.05) is 36.4 Å². The van der Waals surface area contributed by atoms with Crippen molar-refractivity contribution in [3.63, 3.8) is 0 Å². The number of rotatable bonds is 3. The third kappa shape index (κ3) is 2.89. The summed E-state index contributed by atoms with van der Waals surface area (Å²) in [6, 6.07) is 9.27. The summed E-state index contributed by atoms with van der Waals surface area (Å²) in [7, 11) is 1.69. The largest absolute Gasteiger partial charge is 0.488 e. The van der Waals surface area contributed by atoms with Crippen LogP contribution >= 0.6 is 0 Å². The monoisotopic (exact) mass is 491 g/mol. The minimum atomic E-state index is -3.03. The van der Waals surface area contributed by atoms with Gasteiger partial charge < -0.3 is 24.0 Å². The molecule has 3 atom stereocenters. The first-order valence-corrected chi connectivity index (χ1v) is 11.5. The zero-order valence-electron chi connectivity index (χ0n) is 18.9. The molecule has 0 radical (unpaired) electrons. The first-order valence-electron chi connectivity index (χ1n) is 11.5. The Morgan fingerprint density at radius 2 is 2.06 bits per heavy atom. The number of aliphatic hydroxyl groups is 1. The highest BCUT2D eigenvalue weighted by atomic mass is 19.3. The predicted octanol–water partition coefficient (Wildman–Crippen LogP) is 3.64. The van der Waals surface area contributed by atoms with Crippen molar-refractivity contribution in [2.75, 3.05) is 13.7 Å². The van der Waals surface area contributed by atoms with Gasteiger partial charge >= 0.3 is 6.61 Å². The number of alkyl halides is 2. The molecule has 2 unspecified atom stereocenters. The van der Waals surface area contributed by atoms with Crippen molar-refractivity contribution in [1.82, 2.24) is 24.4 Å². The Kier molecular flexibility index (Phi) is 4.38. The minimum Gasteiger partial charge on any atom is -0.488 e. The van der Waals surface area contributed by atoms with E-state index in [1.54, 1.807) is 36.3 Å². The second-order valence-corrected chi connectivity index (χ2v) is 9.09. The number of amides is 1. The van der Waals surface area contributed by atoms with E-state index >= 15 is 0 Å². The Bertz CT molecular complexity index is 1570. The van der Waals surface area contributed by atoms with Crippen molar-refractivity contribution in [3.8, 4) is 22.8 Å². The fourth-order valence-electron chi connectivity index (χ4n) is 5.51. The maximum atomic E-state index is 13.3. The SMILES string of the molecule is CN1C(=O)c2cccc(OC(F)F)c2[C@H]2CC1c1nc3ccc(-c4cnc5c(c4)OCC5O)nc3n12. The van der Waals surface area contributed by atoms with Crippen LogP contribution in [-0.4, -0.2) is 55.7 Å². The van der Waals surface area contributed by atoms with Crippen LogP contribution in [0.2, 0.25) is 0 Å². The van der Waals surface area contributed by atoms with Crippen LogP contribution in [0, 0.1) is 0 Å². The van der Waals surface area contributed by atoms with Gasteiger partial charge in [-0.05, 0) is 30.3 Å². The van der Waals surface area contributed by atoms with Crippen molar-refractivity contribution in [3.05, 3.63) is 65.2 Å². The van der Waals surface area contributed by atoms with Gasteiger partial charge in [-0.1, -0.05) is 6.07 Å². The van der Waals surface area contributed by atoms with Gasteiger partial charge in [0.05, 0.1) is 17.8 Å². The standard InChI is InChI=1S/C25H19F2N5O4/c1-31-16-8-15(20-12(24(31)34)3-2-4-18(20)36-25(26)27)32-22-14(30-23(16)32)6-5-13(29-22)11-7-19-21(28-9-11)17(33)10-35-19/h2-7,9,15-17,25,33H,8,10H2,1H3/t15-,16?,17?/m1/s1. The summed E-state index contributed by atoms with van der Waals surface area (Å²) < 4.78 is 38.8. The average molecular weight is 491 g/mol. The lowest BCUT2D eigenvalue weighted by atomic mass is 9.98. The van der Waals surface area contributed by atoms with Gasteiger partial charge in [0.25, 0.3) is 5.91 Å². The average Bonchev–Trinajstić information content (AvgIpc) is 3.52. The van der Waals surface area contributed by atoms with Crippen LogP contribution in [0.15, 0.2) is 42.6 Å². The molecular formula is C25H19F2N5O4. The summed E-state index contributed by atoms with van der Waals surface area (Å²) in [5, 5.41) is 9.97. The summed E-state index contributed by atoms with van der Waals surface area (Å²) in [5.41, 5.74) is 3.73. The summed E-state index contributed by atoms with van der Waals surface area (Å²) in [6.07, 6.45) is 1.34. The molecule has 4 aromatic rings. The molecule has 182 valence electrons. The Hall–Kier alpha value is -4.12.